The lowest BCUT2D eigenvalue weighted by Crippen LogP contribution is -3.12. The second-order valence-corrected chi connectivity index (χ2v) is 8.30. The van der Waals surface area contributed by atoms with E-state index < -0.39 is 17.7 Å². The van der Waals surface area contributed by atoms with Crippen LogP contribution in [0, 0.1) is 13.8 Å². The highest BCUT2D eigenvalue weighted by Crippen LogP contribution is 2.38. The van der Waals surface area contributed by atoms with E-state index >= 15 is 0 Å². The van der Waals surface area contributed by atoms with Crippen LogP contribution in [-0.4, -0.2) is 57.8 Å². The van der Waals surface area contributed by atoms with Gasteiger partial charge < -0.3 is 14.9 Å². The summed E-state index contributed by atoms with van der Waals surface area (Å²) >= 11 is 1.28. The zero-order valence-corrected chi connectivity index (χ0v) is 18.0. The molecule has 0 bridgehead atoms. The smallest absolute Gasteiger partial charge is 0.290 e. The molecule has 154 valence electrons. The zero-order valence-electron chi connectivity index (χ0n) is 17.2. The van der Waals surface area contributed by atoms with Crippen molar-refractivity contribution < 1.29 is 19.6 Å². The first-order chi connectivity index (χ1) is 13.9. The monoisotopic (exact) mass is 415 g/mol. The lowest BCUT2D eigenvalue weighted by Gasteiger charge is -2.27. The van der Waals surface area contributed by atoms with E-state index in [0.717, 1.165) is 24.6 Å². The molecule has 0 aliphatic carbocycles. The third kappa shape index (κ3) is 4.09. The third-order valence-corrected chi connectivity index (χ3v) is 6.40. The second kappa shape index (κ2) is 8.84. The van der Waals surface area contributed by atoms with Gasteiger partial charge in [-0.3, -0.25) is 14.6 Å². The van der Waals surface area contributed by atoms with Gasteiger partial charge in [0, 0.05) is 6.20 Å². The minimum absolute atomic E-state index is 0.0926. The molecule has 1 aliphatic rings. The predicted molar refractivity (Wildman–Crippen MR) is 111 cm³/mol. The molecule has 29 heavy (non-hydrogen) atoms. The van der Waals surface area contributed by atoms with Crippen molar-refractivity contribution in [3.8, 4) is 0 Å². The fourth-order valence-corrected chi connectivity index (χ4v) is 4.58. The summed E-state index contributed by atoms with van der Waals surface area (Å²) in [5.41, 5.74) is 1.27. The number of aliphatic hydroxyl groups is 1. The number of Topliss-reactive ketones (excluding diaryl/α,β-unsaturated/α-hetero) is 1. The number of carbonyl (C=O) groups is 2. The summed E-state index contributed by atoms with van der Waals surface area (Å²) in [6, 6.07) is 4.69. The maximum atomic E-state index is 13.4. The molecule has 0 fully saturated rings. The van der Waals surface area contributed by atoms with Crippen LogP contribution in [0.4, 0.5) is 0 Å². The van der Waals surface area contributed by atoms with Crippen molar-refractivity contribution >= 4 is 23.0 Å². The Balaban J connectivity index is 2.02. The number of amides is 1. The Labute approximate surface area is 174 Å². The fourth-order valence-electron chi connectivity index (χ4n) is 3.71. The van der Waals surface area contributed by atoms with Crippen molar-refractivity contribution in [3.05, 3.63) is 57.0 Å². The Kier molecular flexibility index (Phi) is 6.44. The number of carbonyl (C=O) groups excluding carboxylic acids is 2. The summed E-state index contributed by atoms with van der Waals surface area (Å²) < 4.78 is 0. The topological polar surface area (TPSA) is 87.8 Å². The number of rotatable bonds is 8. The minimum atomic E-state index is -0.701. The molecule has 2 N–H and O–H groups in total. The molecule has 7 nitrogen and oxygen atoms in total. The predicted octanol–water partition coefficient (Wildman–Crippen LogP) is 1.66. The van der Waals surface area contributed by atoms with Crippen molar-refractivity contribution in [3.63, 3.8) is 0 Å². The number of ketones is 1. The lowest BCUT2D eigenvalue weighted by atomic mass is 9.98. The number of likely N-dealkylation sites (N-methyl/N-ethyl adjacent to an activating group) is 1. The molecule has 3 rings (SSSR count). The number of pyridine rings is 1. The summed E-state index contributed by atoms with van der Waals surface area (Å²) in [4.78, 5) is 38.4. The van der Waals surface area contributed by atoms with E-state index in [-0.39, 0.29) is 11.4 Å². The minimum Gasteiger partial charge on any atom is -0.503 e. The first-order valence-corrected chi connectivity index (χ1v) is 10.7. The van der Waals surface area contributed by atoms with E-state index in [1.54, 1.807) is 30.2 Å². The van der Waals surface area contributed by atoms with E-state index in [9.17, 15) is 14.7 Å². The number of hydrogen-bond acceptors (Lipinski definition) is 6. The highest BCUT2D eigenvalue weighted by molar-refractivity contribution is 7.14. The summed E-state index contributed by atoms with van der Waals surface area (Å²) in [6.07, 6.45) is 1.63. The highest BCUT2D eigenvalue weighted by atomic mass is 32.1. The Morgan fingerprint density at radius 1 is 1.28 bits per heavy atom. The number of nitrogens with zero attached hydrogens (tertiary/aromatic N) is 3. The first-order valence-electron chi connectivity index (χ1n) is 9.86. The van der Waals surface area contributed by atoms with Crippen molar-refractivity contribution in [1.29, 1.82) is 0 Å². The van der Waals surface area contributed by atoms with Crippen molar-refractivity contribution in [2.45, 2.75) is 33.7 Å². The van der Waals surface area contributed by atoms with Gasteiger partial charge in [-0.2, -0.15) is 0 Å². The largest absolute Gasteiger partial charge is 0.503 e. The SMILES string of the molecule is CC[NH+](CC)CCN1C(=O)C(O)=C(C(=O)c2sc(C)nc2C)[C@@H]1c1ccccn1. The fraction of sp³-hybridized carbons (Fsp3) is 0.429. The molecule has 0 spiro atoms. The van der Waals surface area contributed by atoms with Gasteiger partial charge in [-0.1, -0.05) is 6.07 Å². The second-order valence-electron chi connectivity index (χ2n) is 7.10. The van der Waals surface area contributed by atoms with Gasteiger partial charge in [0.05, 0.1) is 53.0 Å². The van der Waals surface area contributed by atoms with E-state index in [4.69, 9.17) is 0 Å². The van der Waals surface area contributed by atoms with E-state index in [1.165, 1.54) is 16.2 Å². The van der Waals surface area contributed by atoms with Gasteiger partial charge in [-0.05, 0) is 39.8 Å². The Hall–Kier alpha value is -2.58. The van der Waals surface area contributed by atoms with E-state index in [1.807, 2.05) is 13.0 Å². The number of hydrogen-bond donors (Lipinski definition) is 2. The number of aromatic nitrogens is 2. The Bertz CT molecular complexity index is 935. The van der Waals surface area contributed by atoms with Crippen LogP contribution >= 0.6 is 11.3 Å². The van der Waals surface area contributed by atoms with Crippen LogP contribution in [0.2, 0.25) is 0 Å². The van der Waals surface area contributed by atoms with Crippen molar-refractivity contribution in [2.75, 3.05) is 26.2 Å². The average molecular weight is 416 g/mol. The molecule has 8 heteroatoms. The Morgan fingerprint density at radius 3 is 2.55 bits per heavy atom. The van der Waals surface area contributed by atoms with Gasteiger partial charge in [-0.25, -0.2) is 4.98 Å². The third-order valence-electron chi connectivity index (χ3n) is 5.33. The van der Waals surface area contributed by atoms with Gasteiger partial charge >= 0.3 is 0 Å². The standard InChI is InChI=1S/C21H26N4O3S/c1-5-24(6-2)11-12-25-17(15-9-7-8-10-22-15)16(19(27)21(25)28)18(26)20-13(3)23-14(4)29-20/h7-10,17,27H,5-6,11-12H2,1-4H3/p+1/t17-/m0/s1. The van der Waals surface area contributed by atoms with Crippen LogP contribution < -0.4 is 4.90 Å². The molecule has 0 radical (unpaired) electrons. The van der Waals surface area contributed by atoms with Crippen LogP contribution in [0.25, 0.3) is 0 Å². The van der Waals surface area contributed by atoms with Gasteiger partial charge in [-0.15, -0.1) is 11.3 Å². The molecule has 1 aliphatic heterocycles. The molecular weight excluding hydrogens is 388 g/mol. The maximum absolute atomic E-state index is 13.4. The number of quaternary nitrogens is 1. The summed E-state index contributed by atoms with van der Waals surface area (Å²) in [5, 5.41) is 11.5. The number of nitrogens with one attached hydrogen (secondary N) is 1. The molecular formula is C21H27N4O3S+. The van der Waals surface area contributed by atoms with E-state index in [0.29, 0.717) is 22.8 Å². The quantitative estimate of drug-likeness (QED) is 0.640. The molecule has 0 saturated carbocycles. The van der Waals surface area contributed by atoms with Crippen LogP contribution in [0.1, 0.15) is 46.0 Å². The highest BCUT2D eigenvalue weighted by Gasteiger charge is 2.45. The molecule has 2 aromatic rings. The number of thiazole rings is 1. The first kappa shape index (κ1) is 21.1. The van der Waals surface area contributed by atoms with Gasteiger partial charge in [0.25, 0.3) is 5.91 Å². The summed E-state index contributed by atoms with van der Waals surface area (Å²) in [6.45, 7) is 10.8. The molecule has 2 aromatic heterocycles. The number of aliphatic hydroxyl groups excluding tert-OH is 1. The Morgan fingerprint density at radius 2 is 2.00 bits per heavy atom. The van der Waals surface area contributed by atoms with Crippen molar-refractivity contribution in [2.24, 2.45) is 0 Å². The summed E-state index contributed by atoms with van der Waals surface area (Å²) in [5.74, 6) is -1.35. The molecule has 1 amide bonds. The van der Waals surface area contributed by atoms with Crippen LogP contribution in [0.15, 0.2) is 35.7 Å². The zero-order chi connectivity index (χ0) is 21.1. The van der Waals surface area contributed by atoms with Crippen molar-refractivity contribution in [1.82, 2.24) is 14.9 Å². The normalized spacial score (nSPS) is 16.9. The molecule has 0 aromatic carbocycles. The molecule has 1 atom stereocenters. The van der Waals surface area contributed by atoms with Crippen LogP contribution in [-0.2, 0) is 4.79 Å². The number of aryl methyl sites for hydroxylation is 2. The average Bonchev–Trinajstić information content (AvgIpc) is 3.19. The molecule has 0 unspecified atom stereocenters. The van der Waals surface area contributed by atoms with Gasteiger partial charge in [0.2, 0.25) is 5.78 Å². The lowest BCUT2D eigenvalue weighted by molar-refractivity contribution is -0.895. The van der Waals surface area contributed by atoms with Gasteiger partial charge in [0.1, 0.15) is 6.04 Å². The van der Waals surface area contributed by atoms with Crippen LogP contribution in [0.5, 0.6) is 0 Å². The molecule has 0 saturated heterocycles. The summed E-state index contributed by atoms with van der Waals surface area (Å²) in [7, 11) is 0. The maximum Gasteiger partial charge on any atom is 0.290 e. The van der Waals surface area contributed by atoms with Gasteiger partial charge in [0.15, 0.2) is 5.76 Å². The van der Waals surface area contributed by atoms with Crippen LogP contribution in [0.3, 0.4) is 0 Å². The van der Waals surface area contributed by atoms with E-state index in [2.05, 4.69) is 23.8 Å². The molecule has 3 heterocycles.